The summed E-state index contributed by atoms with van der Waals surface area (Å²) in [6.07, 6.45) is 1.69. The van der Waals surface area contributed by atoms with E-state index in [4.69, 9.17) is 10.5 Å². The fraction of sp³-hybridized carbons (Fsp3) is 0.417. The number of hydrogen-bond donors (Lipinski definition) is 1. The zero-order valence-electron chi connectivity index (χ0n) is 10.7. The number of hydrogen-bond acceptors (Lipinski definition) is 4. The number of rotatable bonds is 4. The van der Waals surface area contributed by atoms with E-state index in [1.54, 1.807) is 13.4 Å². The Bertz CT molecular complexity index is 594. The van der Waals surface area contributed by atoms with E-state index < -0.39 is 10.8 Å². The molecule has 0 saturated heterocycles. The molecule has 98 valence electrons. The Morgan fingerprint density at radius 1 is 1.56 bits per heavy atom. The molecular formula is C12H17N3O2S. The lowest BCUT2D eigenvalue weighted by molar-refractivity contribution is 0.419. The molecule has 0 aliphatic heterocycles. The van der Waals surface area contributed by atoms with Gasteiger partial charge in [0.1, 0.15) is 11.3 Å². The van der Waals surface area contributed by atoms with Crippen molar-refractivity contribution in [1.29, 1.82) is 0 Å². The summed E-state index contributed by atoms with van der Waals surface area (Å²) >= 11 is 0. The van der Waals surface area contributed by atoms with Gasteiger partial charge in [0.25, 0.3) is 0 Å². The Hall–Kier alpha value is -1.56. The normalized spacial score (nSPS) is 14.6. The van der Waals surface area contributed by atoms with E-state index in [0.29, 0.717) is 18.2 Å². The average molecular weight is 267 g/mol. The van der Waals surface area contributed by atoms with E-state index in [-0.39, 0.29) is 5.25 Å². The van der Waals surface area contributed by atoms with Crippen LogP contribution in [0.15, 0.2) is 18.2 Å². The third-order valence-corrected chi connectivity index (χ3v) is 4.28. The summed E-state index contributed by atoms with van der Waals surface area (Å²) in [4.78, 5) is 4.31. The zero-order chi connectivity index (χ0) is 13.3. The monoisotopic (exact) mass is 267 g/mol. The van der Waals surface area contributed by atoms with Crippen molar-refractivity contribution >= 4 is 27.8 Å². The number of aromatic nitrogens is 2. The van der Waals surface area contributed by atoms with Gasteiger partial charge in [0, 0.05) is 28.9 Å². The number of ether oxygens (including phenoxy) is 1. The van der Waals surface area contributed by atoms with Gasteiger partial charge in [-0.15, -0.1) is 0 Å². The van der Waals surface area contributed by atoms with Crippen LogP contribution < -0.4 is 10.5 Å². The first-order valence-electron chi connectivity index (χ1n) is 5.65. The van der Waals surface area contributed by atoms with Crippen LogP contribution in [0.2, 0.25) is 0 Å². The second-order valence-electron chi connectivity index (χ2n) is 4.22. The van der Waals surface area contributed by atoms with Gasteiger partial charge in [-0.2, -0.15) is 0 Å². The molecule has 1 aromatic heterocycles. The molecule has 0 saturated carbocycles. The molecule has 0 fully saturated rings. The number of nitrogens with two attached hydrogens (primary N) is 1. The first-order valence-corrected chi connectivity index (χ1v) is 7.27. The summed E-state index contributed by atoms with van der Waals surface area (Å²) in [7, 11) is 0.716. The van der Waals surface area contributed by atoms with Crippen LogP contribution in [0.4, 0.5) is 5.95 Å². The quantitative estimate of drug-likeness (QED) is 0.909. The van der Waals surface area contributed by atoms with Crippen LogP contribution in [-0.4, -0.2) is 32.4 Å². The van der Waals surface area contributed by atoms with Crippen LogP contribution in [0.1, 0.15) is 6.92 Å². The molecule has 1 aromatic carbocycles. The molecule has 2 atom stereocenters. The van der Waals surface area contributed by atoms with Gasteiger partial charge in [-0.05, 0) is 19.1 Å². The number of methoxy groups -OCH3 is 1. The van der Waals surface area contributed by atoms with E-state index in [2.05, 4.69) is 4.98 Å². The van der Waals surface area contributed by atoms with E-state index >= 15 is 0 Å². The van der Waals surface area contributed by atoms with E-state index in [9.17, 15) is 4.21 Å². The summed E-state index contributed by atoms with van der Waals surface area (Å²) in [6.45, 7) is 2.51. The molecule has 6 heteroatoms. The highest BCUT2D eigenvalue weighted by molar-refractivity contribution is 7.84. The van der Waals surface area contributed by atoms with Gasteiger partial charge in [-0.3, -0.25) is 4.21 Å². The molecule has 1 heterocycles. The Morgan fingerprint density at radius 3 is 2.89 bits per heavy atom. The average Bonchev–Trinajstić information content (AvgIpc) is 2.65. The van der Waals surface area contributed by atoms with Crippen LogP contribution in [-0.2, 0) is 17.3 Å². The lowest BCUT2D eigenvalue weighted by Crippen LogP contribution is -2.18. The van der Waals surface area contributed by atoms with Crippen molar-refractivity contribution in [3.05, 3.63) is 18.2 Å². The fourth-order valence-electron chi connectivity index (χ4n) is 1.86. The summed E-state index contributed by atoms with van der Waals surface area (Å²) in [5, 5.41) is 0.0240. The molecule has 2 rings (SSSR count). The van der Waals surface area contributed by atoms with Gasteiger partial charge in [-0.1, -0.05) is 6.07 Å². The van der Waals surface area contributed by atoms with Crippen LogP contribution >= 0.6 is 0 Å². The van der Waals surface area contributed by atoms with Gasteiger partial charge in [-0.25, -0.2) is 4.98 Å². The van der Waals surface area contributed by atoms with Crippen LogP contribution in [0.25, 0.3) is 11.0 Å². The van der Waals surface area contributed by atoms with Crippen molar-refractivity contribution in [3.63, 3.8) is 0 Å². The van der Waals surface area contributed by atoms with Crippen LogP contribution in [0.3, 0.4) is 0 Å². The third kappa shape index (κ3) is 2.20. The van der Waals surface area contributed by atoms with Gasteiger partial charge < -0.3 is 15.0 Å². The van der Waals surface area contributed by atoms with Crippen molar-refractivity contribution in [2.24, 2.45) is 0 Å². The summed E-state index contributed by atoms with van der Waals surface area (Å²) < 4.78 is 18.6. The maximum Gasteiger partial charge on any atom is 0.201 e. The standard InChI is InChI=1S/C12H17N3O2S/c1-8(18(3)16)7-15-9-5-4-6-10(17-2)11(9)14-12(15)13/h4-6,8H,7H2,1-3H3,(H2,13,14). The fourth-order valence-corrected chi connectivity index (χ4v) is 2.22. The molecule has 0 aliphatic carbocycles. The lowest BCUT2D eigenvalue weighted by atomic mass is 10.3. The Balaban J connectivity index is 2.51. The Kier molecular flexibility index (Phi) is 3.56. The predicted molar refractivity (Wildman–Crippen MR) is 74.2 cm³/mol. The minimum Gasteiger partial charge on any atom is -0.494 e. The molecule has 0 aliphatic rings. The third-order valence-electron chi connectivity index (χ3n) is 3.00. The molecule has 2 N–H and O–H groups in total. The second kappa shape index (κ2) is 4.97. The molecule has 0 amide bonds. The maximum absolute atomic E-state index is 11.5. The molecule has 0 spiro atoms. The lowest BCUT2D eigenvalue weighted by Gasteiger charge is -2.11. The second-order valence-corrected chi connectivity index (χ2v) is 6.02. The molecule has 2 unspecified atom stereocenters. The number of imidazole rings is 1. The van der Waals surface area contributed by atoms with Gasteiger partial charge in [0.2, 0.25) is 5.95 Å². The molecule has 5 nitrogen and oxygen atoms in total. The van der Waals surface area contributed by atoms with Crippen molar-refractivity contribution in [1.82, 2.24) is 9.55 Å². The van der Waals surface area contributed by atoms with Crippen molar-refractivity contribution in [2.75, 3.05) is 19.1 Å². The SMILES string of the molecule is COc1cccc2c1nc(N)n2CC(C)S(C)=O. The van der Waals surface area contributed by atoms with Gasteiger partial charge in [0.15, 0.2) is 0 Å². The highest BCUT2D eigenvalue weighted by atomic mass is 32.2. The van der Waals surface area contributed by atoms with E-state index in [1.807, 2.05) is 29.7 Å². The number of fused-ring (bicyclic) bond motifs is 1. The first-order chi connectivity index (χ1) is 8.54. The molecule has 0 radical (unpaired) electrons. The zero-order valence-corrected chi connectivity index (χ0v) is 11.5. The highest BCUT2D eigenvalue weighted by Gasteiger charge is 2.15. The largest absolute Gasteiger partial charge is 0.494 e. The van der Waals surface area contributed by atoms with E-state index in [0.717, 1.165) is 11.0 Å². The Labute approximate surface area is 108 Å². The molecule has 0 bridgehead atoms. The Morgan fingerprint density at radius 2 is 2.28 bits per heavy atom. The smallest absolute Gasteiger partial charge is 0.201 e. The number of para-hydroxylation sites is 1. The van der Waals surface area contributed by atoms with Crippen LogP contribution in [0, 0.1) is 0 Å². The summed E-state index contributed by atoms with van der Waals surface area (Å²) in [5.74, 6) is 1.12. The van der Waals surface area contributed by atoms with Gasteiger partial charge >= 0.3 is 0 Å². The number of nitrogens with zero attached hydrogens (tertiary/aromatic N) is 2. The van der Waals surface area contributed by atoms with E-state index in [1.165, 1.54) is 0 Å². The first kappa shape index (κ1) is 12.9. The topological polar surface area (TPSA) is 70.1 Å². The minimum absolute atomic E-state index is 0.0240. The number of nitrogen functional groups attached to an aromatic ring is 1. The van der Waals surface area contributed by atoms with Crippen molar-refractivity contribution in [2.45, 2.75) is 18.7 Å². The summed E-state index contributed by atoms with van der Waals surface area (Å²) in [6, 6.07) is 5.68. The van der Waals surface area contributed by atoms with Crippen LogP contribution in [0.5, 0.6) is 5.75 Å². The van der Waals surface area contributed by atoms with Crippen molar-refractivity contribution in [3.8, 4) is 5.75 Å². The molecule has 18 heavy (non-hydrogen) atoms. The van der Waals surface area contributed by atoms with Gasteiger partial charge in [0.05, 0.1) is 12.6 Å². The van der Waals surface area contributed by atoms with Crippen molar-refractivity contribution < 1.29 is 8.95 Å². The highest BCUT2D eigenvalue weighted by Crippen LogP contribution is 2.27. The molecule has 2 aromatic rings. The maximum atomic E-state index is 11.5. The minimum atomic E-state index is -0.889. The predicted octanol–water partition coefficient (Wildman–Crippen LogP) is 1.39. The number of benzene rings is 1. The number of anilines is 1. The molecular weight excluding hydrogens is 250 g/mol. The summed E-state index contributed by atoms with van der Waals surface area (Å²) in [5.41, 5.74) is 7.57.